The molecule has 0 saturated carbocycles. The van der Waals surface area contributed by atoms with E-state index in [9.17, 15) is 19.5 Å². The number of nitrogens with one attached hydrogen (secondary N) is 1. The second-order valence-electron chi connectivity index (χ2n) is 14.7. The Hall–Kier alpha value is -5.65. The van der Waals surface area contributed by atoms with Crippen LogP contribution in [0.5, 0.6) is 0 Å². The monoisotopic (exact) mass is 734 g/mol. The van der Waals surface area contributed by atoms with Crippen molar-refractivity contribution in [1.82, 2.24) is 19.4 Å². The summed E-state index contributed by atoms with van der Waals surface area (Å²) < 4.78 is 15.3. The summed E-state index contributed by atoms with van der Waals surface area (Å²) in [7, 11) is 0. The number of carbonyl (C=O) groups excluding carboxylic acids is 2. The smallest absolute Gasteiger partial charge is 0.326 e. The van der Waals surface area contributed by atoms with E-state index in [0.29, 0.717) is 17.5 Å². The number of ether oxygens (including phenoxy) is 2. The van der Waals surface area contributed by atoms with Gasteiger partial charge in [-0.15, -0.1) is 0 Å². The van der Waals surface area contributed by atoms with E-state index in [1.54, 1.807) is 24.3 Å². The number of piperidine rings is 1. The lowest BCUT2D eigenvalue weighted by molar-refractivity contribution is -0.253. The Morgan fingerprint density at radius 3 is 2.04 bits per heavy atom. The number of para-hydroxylation sites is 2. The Balaban J connectivity index is 0.920. The van der Waals surface area contributed by atoms with Crippen LogP contribution >= 0.6 is 0 Å². The van der Waals surface area contributed by atoms with Gasteiger partial charge in [0.15, 0.2) is 6.29 Å². The second-order valence-corrected chi connectivity index (χ2v) is 14.7. The van der Waals surface area contributed by atoms with Crippen molar-refractivity contribution < 1.29 is 24.2 Å². The highest BCUT2D eigenvalue weighted by Gasteiger charge is 2.36. The van der Waals surface area contributed by atoms with Gasteiger partial charge >= 0.3 is 5.69 Å². The number of carbonyl (C=O) groups is 2. The number of hydrogen-bond acceptors (Lipinski definition) is 7. The molecular formula is C45H42N4O6. The molecular weight excluding hydrogens is 693 g/mol. The minimum atomic E-state index is -0.605. The van der Waals surface area contributed by atoms with Crippen LogP contribution in [0.15, 0.2) is 126 Å². The molecule has 55 heavy (non-hydrogen) atoms. The third-order valence-electron chi connectivity index (χ3n) is 11.3. The number of nitrogens with zero attached hydrogens (tertiary/aromatic N) is 3. The molecule has 278 valence electrons. The lowest BCUT2D eigenvalue weighted by Crippen LogP contribution is -2.43. The van der Waals surface area contributed by atoms with Gasteiger partial charge in [-0.05, 0) is 64.9 Å². The van der Waals surface area contributed by atoms with Crippen LogP contribution < -0.4 is 5.69 Å². The number of amides is 2. The van der Waals surface area contributed by atoms with Crippen LogP contribution in [0.2, 0.25) is 0 Å². The molecule has 2 saturated heterocycles. The summed E-state index contributed by atoms with van der Waals surface area (Å²) in [4.78, 5) is 46.0. The van der Waals surface area contributed by atoms with E-state index in [1.165, 1.54) is 4.90 Å². The maximum Gasteiger partial charge on any atom is 0.326 e. The Bertz CT molecular complexity index is 2380. The number of fused-ring (bicyclic) bond motifs is 2. The summed E-state index contributed by atoms with van der Waals surface area (Å²) in [5.74, 6) is -0.553. The van der Waals surface area contributed by atoms with Gasteiger partial charge in [0.05, 0.1) is 47.5 Å². The van der Waals surface area contributed by atoms with Gasteiger partial charge in [0.25, 0.3) is 11.8 Å². The fourth-order valence-electron chi connectivity index (χ4n) is 8.43. The van der Waals surface area contributed by atoms with E-state index < -0.39 is 6.29 Å². The standard InChI is InChI=1S/C45H42N4O6/c50-28-29-13-15-31(16-14-29)41-25-35(27-47-23-21-34(22-24-47)49-40-12-6-5-11-39(40)46-45(49)53)54-44(55-41)32-19-17-30(18-20-32)36-8-2-1-7-33(36)26-48-42(51)37-9-3-4-10-38(37)43(48)52/h1-20,34-35,41,44,50H,21-28H2,(H,46,53)/t35-,41+,44+/m1/s1. The first-order valence-electron chi connectivity index (χ1n) is 19.0. The second kappa shape index (κ2) is 14.9. The molecule has 6 aromatic rings. The summed E-state index contributed by atoms with van der Waals surface area (Å²) in [6.45, 7) is 2.60. The number of hydrogen-bond donors (Lipinski definition) is 2. The van der Waals surface area contributed by atoms with Gasteiger partial charge in [0.1, 0.15) is 0 Å². The maximum atomic E-state index is 13.2. The molecule has 0 spiro atoms. The predicted molar refractivity (Wildman–Crippen MR) is 208 cm³/mol. The van der Waals surface area contributed by atoms with Crippen molar-refractivity contribution in [2.75, 3.05) is 19.6 Å². The highest BCUT2D eigenvalue weighted by molar-refractivity contribution is 6.21. The van der Waals surface area contributed by atoms with Crippen LogP contribution in [-0.4, -0.2) is 62.0 Å². The van der Waals surface area contributed by atoms with Gasteiger partial charge in [-0.2, -0.15) is 0 Å². The van der Waals surface area contributed by atoms with Crippen molar-refractivity contribution >= 4 is 22.8 Å². The van der Waals surface area contributed by atoms with Gasteiger partial charge in [-0.25, -0.2) is 4.79 Å². The highest BCUT2D eigenvalue weighted by Crippen LogP contribution is 2.39. The maximum absolute atomic E-state index is 13.2. The van der Waals surface area contributed by atoms with E-state index >= 15 is 0 Å². The largest absolute Gasteiger partial charge is 0.392 e. The van der Waals surface area contributed by atoms with Crippen LogP contribution in [0.4, 0.5) is 0 Å². The van der Waals surface area contributed by atoms with E-state index in [1.807, 2.05) is 102 Å². The van der Waals surface area contributed by atoms with E-state index in [-0.39, 0.29) is 48.9 Å². The molecule has 0 unspecified atom stereocenters. The average molecular weight is 735 g/mol. The van der Waals surface area contributed by atoms with E-state index in [2.05, 4.69) is 9.88 Å². The Morgan fingerprint density at radius 2 is 1.33 bits per heavy atom. The molecule has 10 heteroatoms. The summed E-state index contributed by atoms with van der Waals surface area (Å²) in [6, 6.07) is 38.9. The van der Waals surface area contributed by atoms with E-state index in [4.69, 9.17) is 9.47 Å². The summed E-state index contributed by atoms with van der Waals surface area (Å²) in [5, 5.41) is 9.64. The zero-order valence-corrected chi connectivity index (χ0v) is 30.3. The number of imidazole rings is 1. The molecule has 3 aliphatic rings. The van der Waals surface area contributed by atoms with Crippen molar-refractivity contribution in [2.45, 2.75) is 57.0 Å². The van der Waals surface area contributed by atoms with Crippen molar-refractivity contribution in [3.05, 3.63) is 165 Å². The van der Waals surface area contributed by atoms with Crippen molar-refractivity contribution in [2.24, 2.45) is 0 Å². The molecule has 5 aromatic carbocycles. The number of likely N-dealkylation sites (tertiary alicyclic amines) is 1. The number of benzene rings is 5. The molecule has 9 rings (SSSR count). The Kier molecular flexibility index (Phi) is 9.49. The first-order chi connectivity index (χ1) is 26.9. The Labute approximate surface area is 318 Å². The number of aromatic nitrogens is 2. The zero-order chi connectivity index (χ0) is 37.5. The molecule has 1 aromatic heterocycles. The number of aliphatic hydroxyl groups excluding tert-OH is 1. The SMILES string of the molecule is O=C1c2ccccc2C(=O)N1Cc1ccccc1-c1ccc([C@H]2O[C@@H](CN3CCC(n4c(=O)[nH]c5ccccc54)CC3)C[C@@H](c3ccc(CO)cc3)O2)cc1. The first-order valence-corrected chi connectivity index (χ1v) is 19.0. The number of H-pyrrole nitrogens is 1. The molecule has 4 heterocycles. The minimum absolute atomic E-state index is 0.0193. The number of aliphatic hydroxyl groups is 1. The van der Waals surface area contributed by atoms with Gasteiger partial charge in [-0.1, -0.05) is 97.1 Å². The van der Waals surface area contributed by atoms with Crippen LogP contribution in [-0.2, 0) is 22.6 Å². The van der Waals surface area contributed by atoms with Gasteiger partial charge < -0.3 is 24.5 Å². The average Bonchev–Trinajstić information content (AvgIpc) is 3.69. The molecule has 0 bridgehead atoms. The minimum Gasteiger partial charge on any atom is -0.392 e. The van der Waals surface area contributed by atoms with Crippen LogP contribution in [0.1, 0.15) is 80.7 Å². The van der Waals surface area contributed by atoms with Gasteiger partial charge in [0, 0.05) is 37.7 Å². The first kappa shape index (κ1) is 35.1. The molecule has 3 aliphatic heterocycles. The topological polar surface area (TPSA) is 117 Å². The number of imide groups is 1. The Morgan fingerprint density at radius 1 is 0.691 bits per heavy atom. The molecule has 2 amide bonds. The van der Waals surface area contributed by atoms with Crippen molar-refractivity contribution in [3.63, 3.8) is 0 Å². The molecule has 0 aliphatic carbocycles. The fourth-order valence-corrected chi connectivity index (χ4v) is 8.43. The van der Waals surface area contributed by atoms with Crippen molar-refractivity contribution in [1.29, 1.82) is 0 Å². The third kappa shape index (κ3) is 6.83. The fraction of sp³-hybridized carbons (Fsp3) is 0.267. The van der Waals surface area contributed by atoms with Crippen LogP contribution in [0, 0.1) is 0 Å². The van der Waals surface area contributed by atoms with Crippen molar-refractivity contribution in [3.8, 4) is 11.1 Å². The molecule has 3 atom stereocenters. The lowest BCUT2D eigenvalue weighted by Gasteiger charge is -2.40. The molecule has 0 radical (unpaired) electrons. The quantitative estimate of drug-likeness (QED) is 0.151. The van der Waals surface area contributed by atoms with E-state index in [0.717, 1.165) is 76.9 Å². The highest BCUT2D eigenvalue weighted by atomic mass is 16.7. The number of rotatable bonds is 9. The van der Waals surface area contributed by atoms with Gasteiger partial charge in [0.2, 0.25) is 0 Å². The summed E-state index contributed by atoms with van der Waals surface area (Å²) in [6.07, 6.45) is 1.51. The van der Waals surface area contributed by atoms with Crippen LogP contribution in [0.25, 0.3) is 22.2 Å². The van der Waals surface area contributed by atoms with Crippen LogP contribution in [0.3, 0.4) is 0 Å². The third-order valence-corrected chi connectivity index (χ3v) is 11.3. The summed E-state index contributed by atoms with van der Waals surface area (Å²) >= 11 is 0. The lowest BCUT2D eigenvalue weighted by atomic mass is 9.97. The molecule has 2 N–H and O–H groups in total. The molecule has 10 nitrogen and oxygen atoms in total. The normalized spacial score (nSPS) is 20.7. The molecule has 2 fully saturated rings. The summed E-state index contributed by atoms with van der Waals surface area (Å²) in [5.41, 5.74) is 8.19. The zero-order valence-electron chi connectivity index (χ0n) is 30.3. The van der Waals surface area contributed by atoms with Gasteiger partial charge in [-0.3, -0.25) is 19.1 Å². The predicted octanol–water partition coefficient (Wildman–Crippen LogP) is 7.17. The number of aromatic amines is 1.